The Morgan fingerprint density at radius 2 is 1.95 bits per heavy atom. The first-order valence-electron chi connectivity index (χ1n) is 7.98. The van der Waals surface area contributed by atoms with Gasteiger partial charge in [0.15, 0.2) is 0 Å². The minimum absolute atomic E-state index is 0.00334. The number of ether oxygens (including phenoxy) is 1. The first-order valence-corrected chi connectivity index (χ1v) is 7.98. The van der Waals surface area contributed by atoms with Gasteiger partial charge in [0.05, 0.1) is 6.04 Å². The molecule has 2 atom stereocenters. The summed E-state index contributed by atoms with van der Waals surface area (Å²) < 4.78 is 11.1. The Bertz CT molecular complexity index is 409. The number of hydrogen-bond acceptors (Lipinski definition) is 5. The van der Waals surface area contributed by atoms with E-state index in [1.807, 2.05) is 0 Å². The summed E-state index contributed by atoms with van der Waals surface area (Å²) in [6, 6.07) is 0.230. The maximum atomic E-state index is 5.67. The van der Waals surface area contributed by atoms with Crippen LogP contribution in [0, 0.1) is 5.92 Å². The molecular weight excluding hydrogens is 254 g/mol. The van der Waals surface area contributed by atoms with Gasteiger partial charge in [0, 0.05) is 7.11 Å². The molecule has 2 fully saturated rings. The summed E-state index contributed by atoms with van der Waals surface area (Å²) in [6.45, 7) is 1.04. The van der Waals surface area contributed by atoms with Crippen molar-refractivity contribution in [2.45, 2.75) is 63.5 Å². The van der Waals surface area contributed by atoms with E-state index in [2.05, 4.69) is 15.5 Å². The van der Waals surface area contributed by atoms with Crippen molar-refractivity contribution >= 4 is 0 Å². The highest BCUT2D eigenvalue weighted by Gasteiger charge is 2.30. The van der Waals surface area contributed by atoms with Gasteiger partial charge in [-0.2, -0.15) is 4.98 Å². The maximum Gasteiger partial charge on any atom is 0.243 e. The molecule has 0 spiro atoms. The first-order chi connectivity index (χ1) is 9.88. The monoisotopic (exact) mass is 279 g/mol. The number of hydrogen-bond donors (Lipinski definition) is 1. The van der Waals surface area contributed by atoms with E-state index >= 15 is 0 Å². The van der Waals surface area contributed by atoms with Gasteiger partial charge in [-0.3, -0.25) is 0 Å². The van der Waals surface area contributed by atoms with Crippen molar-refractivity contribution in [3.8, 4) is 0 Å². The smallest absolute Gasteiger partial charge is 0.243 e. The first kappa shape index (κ1) is 14.0. The van der Waals surface area contributed by atoms with Gasteiger partial charge in [-0.25, -0.2) is 0 Å². The Hall–Kier alpha value is -0.940. The van der Waals surface area contributed by atoms with Crippen LogP contribution in [0.5, 0.6) is 0 Å². The predicted octanol–water partition coefficient (Wildman–Crippen LogP) is 3.15. The van der Waals surface area contributed by atoms with E-state index in [-0.39, 0.29) is 12.1 Å². The van der Waals surface area contributed by atoms with Crippen LogP contribution in [0.3, 0.4) is 0 Å². The van der Waals surface area contributed by atoms with Crippen molar-refractivity contribution in [1.29, 1.82) is 0 Å². The Morgan fingerprint density at radius 3 is 2.65 bits per heavy atom. The fourth-order valence-corrected chi connectivity index (χ4v) is 3.51. The normalized spacial score (nSPS) is 26.6. The molecule has 5 nitrogen and oxygen atoms in total. The molecule has 1 saturated heterocycles. The molecule has 2 aliphatic rings. The second kappa shape index (κ2) is 6.68. The van der Waals surface area contributed by atoms with Crippen LogP contribution in [0.4, 0.5) is 0 Å². The predicted molar refractivity (Wildman–Crippen MR) is 75.2 cm³/mol. The maximum absolute atomic E-state index is 5.67. The van der Waals surface area contributed by atoms with Crippen LogP contribution in [0.25, 0.3) is 0 Å². The second-order valence-electron chi connectivity index (χ2n) is 6.05. The minimum Gasteiger partial charge on any atom is -0.373 e. The summed E-state index contributed by atoms with van der Waals surface area (Å²) in [4.78, 5) is 4.62. The molecule has 1 unspecified atom stereocenters. The van der Waals surface area contributed by atoms with Crippen LogP contribution in [-0.4, -0.2) is 23.8 Å². The van der Waals surface area contributed by atoms with Crippen LogP contribution >= 0.6 is 0 Å². The lowest BCUT2D eigenvalue weighted by Gasteiger charge is -2.27. The number of nitrogens with one attached hydrogen (secondary N) is 1. The average Bonchev–Trinajstić information content (AvgIpc) is 3.00. The van der Waals surface area contributed by atoms with E-state index in [0.717, 1.165) is 24.7 Å². The second-order valence-corrected chi connectivity index (χ2v) is 6.05. The van der Waals surface area contributed by atoms with Crippen LogP contribution in [0.1, 0.15) is 75.2 Å². The third kappa shape index (κ3) is 3.04. The average molecular weight is 279 g/mol. The van der Waals surface area contributed by atoms with Crippen molar-refractivity contribution in [1.82, 2.24) is 15.5 Å². The lowest BCUT2D eigenvalue weighted by atomic mass is 9.85. The van der Waals surface area contributed by atoms with Crippen molar-refractivity contribution in [3.05, 3.63) is 11.7 Å². The lowest BCUT2D eigenvalue weighted by molar-refractivity contribution is 0.0273. The highest BCUT2D eigenvalue weighted by Crippen LogP contribution is 2.35. The molecule has 1 saturated carbocycles. The molecule has 0 radical (unpaired) electrons. The minimum atomic E-state index is -0.00334. The third-order valence-corrected chi connectivity index (χ3v) is 4.65. The number of aromatic nitrogens is 2. The molecule has 0 amide bonds. The van der Waals surface area contributed by atoms with E-state index in [0.29, 0.717) is 5.92 Å². The molecule has 0 aromatic carbocycles. The molecule has 3 rings (SSSR count). The quantitative estimate of drug-likeness (QED) is 0.917. The lowest BCUT2D eigenvalue weighted by Crippen LogP contribution is -2.27. The van der Waals surface area contributed by atoms with E-state index in [4.69, 9.17) is 9.26 Å². The van der Waals surface area contributed by atoms with Gasteiger partial charge in [-0.05, 0) is 38.1 Å². The molecule has 1 N–H and O–H groups in total. The van der Waals surface area contributed by atoms with Crippen molar-refractivity contribution in [3.63, 3.8) is 0 Å². The van der Waals surface area contributed by atoms with Crippen LogP contribution in [-0.2, 0) is 4.74 Å². The Labute approximate surface area is 120 Å². The molecule has 20 heavy (non-hydrogen) atoms. The van der Waals surface area contributed by atoms with Gasteiger partial charge in [-0.15, -0.1) is 0 Å². The summed E-state index contributed by atoms with van der Waals surface area (Å²) in [5.74, 6) is 2.01. The zero-order valence-electron chi connectivity index (χ0n) is 12.3. The van der Waals surface area contributed by atoms with Gasteiger partial charge < -0.3 is 14.6 Å². The molecule has 1 aromatic rings. The number of rotatable bonds is 4. The number of piperidine rings is 1. The van der Waals surface area contributed by atoms with Crippen LogP contribution in [0.2, 0.25) is 0 Å². The SMILES string of the molecule is COC(c1noc([C@H]2CCCCN2)n1)C1CCCCC1. The standard InChI is InChI=1S/C15H25N3O2/c1-19-13(11-7-3-2-4-8-11)14-17-15(20-18-14)12-9-5-6-10-16-12/h11-13,16H,2-10H2,1H3/t12-,13?/m1/s1. The Kier molecular flexibility index (Phi) is 4.68. The fourth-order valence-electron chi connectivity index (χ4n) is 3.51. The number of nitrogens with zero attached hydrogens (tertiary/aromatic N) is 2. The van der Waals surface area contributed by atoms with E-state index in [1.54, 1.807) is 7.11 Å². The van der Waals surface area contributed by atoms with Crippen molar-refractivity contribution < 1.29 is 9.26 Å². The van der Waals surface area contributed by atoms with E-state index in [9.17, 15) is 0 Å². The molecule has 5 heteroatoms. The molecule has 1 aliphatic carbocycles. The van der Waals surface area contributed by atoms with E-state index in [1.165, 1.54) is 44.9 Å². The summed E-state index contributed by atoms with van der Waals surface area (Å²) in [5, 5.41) is 7.63. The largest absolute Gasteiger partial charge is 0.373 e. The zero-order chi connectivity index (χ0) is 13.8. The molecular formula is C15H25N3O2. The summed E-state index contributed by atoms with van der Waals surface area (Å²) >= 11 is 0. The van der Waals surface area contributed by atoms with E-state index < -0.39 is 0 Å². The molecule has 2 heterocycles. The van der Waals surface area contributed by atoms with Crippen molar-refractivity contribution in [2.75, 3.05) is 13.7 Å². The Balaban J connectivity index is 1.70. The van der Waals surface area contributed by atoms with Crippen molar-refractivity contribution in [2.24, 2.45) is 5.92 Å². The third-order valence-electron chi connectivity index (χ3n) is 4.65. The molecule has 1 aromatic heterocycles. The topological polar surface area (TPSA) is 60.2 Å². The molecule has 1 aliphatic heterocycles. The van der Waals surface area contributed by atoms with Gasteiger partial charge >= 0.3 is 0 Å². The molecule has 0 bridgehead atoms. The highest BCUT2D eigenvalue weighted by molar-refractivity contribution is 4.99. The number of methoxy groups -OCH3 is 1. The molecule has 112 valence electrons. The zero-order valence-corrected chi connectivity index (χ0v) is 12.3. The highest BCUT2D eigenvalue weighted by atomic mass is 16.5. The summed E-state index contributed by atoms with van der Waals surface area (Å²) in [6.07, 6.45) is 9.90. The van der Waals surface area contributed by atoms with Gasteiger partial charge in [0.1, 0.15) is 6.10 Å². The fraction of sp³-hybridized carbons (Fsp3) is 0.867. The van der Waals surface area contributed by atoms with Crippen LogP contribution < -0.4 is 5.32 Å². The van der Waals surface area contributed by atoms with Crippen LogP contribution in [0.15, 0.2) is 4.52 Å². The van der Waals surface area contributed by atoms with Gasteiger partial charge in [-0.1, -0.05) is 30.8 Å². The summed E-state index contributed by atoms with van der Waals surface area (Å²) in [5.41, 5.74) is 0. The Morgan fingerprint density at radius 1 is 1.15 bits per heavy atom. The summed E-state index contributed by atoms with van der Waals surface area (Å²) in [7, 11) is 1.76. The van der Waals surface area contributed by atoms with Gasteiger partial charge in [0.25, 0.3) is 0 Å². The van der Waals surface area contributed by atoms with Gasteiger partial charge in [0.2, 0.25) is 11.7 Å².